The van der Waals surface area contributed by atoms with E-state index in [0.29, 0.717) is 13.2 Å². The Morgan fingerprint density at radius 3 is 2.33 bits per heavy atom. The average molecular weight is 384 g/mol. The quantitative estimate of drug-likeness (QED) is 0.264. The van der Waals surface area contributed by atoms with Crippen LogP contribution in [0.4, 0.5) is 5.69 Å². The molecular weight excluding hydrogens is 360 g/mol. The zero-order chi connectivity index (χ0) is 20.4. The molecule has 10 nitrogen and oxygen atoms in total. The Kier molecular flexibility index (Phi) is 9.17. The van der Waals surface area contributed by atoms with E-state index in [2.05, 4.69) is 0 Å². The van der Waals surface area contributed by atoms with Crippen LogP contribution in [0.1, 0.15) is 31.1 Å². The van der Waals surface area contributed by atoms with Crippen LogP contribution in [0, 0.1) is 10.1 Å². The summed E-state index contributed by atoms with van der Waals surface area (Å²) in [5, 5.41) is 21.0. The van der Waals surface area contributed by atoms with E-state index in [9.17, 15) is 24.8 Å². The van der Waals surface area contributed by atoms with Crippen molar-refractivity contribution in [2.24, 2.45) is 0 Å². The minimum Gasteiger partial charge on any atom is -0.502 e. The highest BCUT2D eigenvalue weighted by Crippen LogP contribution is 2.30. The molecule has 0 unspecified atom stereocenters. The number of para-hydroxylation sites is 1. The SMILES string of the molecule is CCOC(=O)CN(CC(OCC)OCC)C(=O)c1cccc(O)c1[N+](=O)[O-]. The van der Waals surface area contributed by atoms with Crippen LogP contribution >= 0.6 is 0 Å². The number of hydrogen-bond donors (Lipinski definition) is 1. The Bertz CT molecular complexity index is 658. The lowest BCUT2D eigenvalue weighted by atomic mass is 10.1. The van der Waals surface area contributed by atoms with Crippen LogP contribution in [-0.2, 0) is 19.0 Å². The number of rotatable bonds is 11. The Morgan fingerprint density at radius 2 is 1.81 bits per heavy atom. The summed E-state index contributed by atoms with van der Waals surface area (Å²) in [4.78, 5) is 36.2. The van der Waals surface area contributed by atoms with Crippen molar-refractivity contribution >= 4 is 17.6 Å². The lowest BCUT2D eigenvalue weighted by molar-refractivity contribution is -0.386. The van der Waals surface area contributed by atoms with Gasteiger partial charge in [-0.05, 0) is 32.9 Å². The summed E-state index contributed by atoms with van der Waals surface area (Å²) in [6, 6.07) is 3.61. The van der Waals surface area contributed by atoms with Gasteiger partial charge in [0.05, 0.1) is 18.1 Å². The molecule has 1 aromatic rings. The summed E-state index contributed by atoms with van der Waals surface area (Å²) >= 11 is 0. The molecule has 0 atom stereocenters. The van der Waals surface area contributed by atoms with Gasteiger partial charge in [-0.2, -0.15) is 0 Å². The van der Waals surface area contributed by atoms with Crippen molar-refractivity contribution in [1.82, 2.24) is 4.90 Å². The van der Waals surface area contributed by atoms with Crippen molar-refractivity contribution < 1.29 is 33.8 Å². The standard InChI is InChI=1S/C17H24N2O8/c1-4-25-14(21)10-18(11-15(26-5-2)27-6-3)17(22)12-8-7-9-13(20)16(12)19(23)24/h7-9,15,20H,4-6,10-11H2,1-3H3. The molecule has 27 heavy (non-hydrogen) atoms. The first-order valence-corrected chi connectivity index (χ1v) is 8.50. The van der Waals surface area contributed by atoms with E-state index < -0.39 is 41.1 Å². The molecule has 1 amide bonds. The van der Waals surface area contributed by atoms with Gasteiger partial charge in [-0.3, -0.25) is 19.7 Å². The van der Waals surface area contributed by atoms with E-state index in [4.69, 9.17) is 14.2 Å². The lowest BCUT2D eigenvalue weighted by Gasteiger charge is -2.26. The molecule has 0 aliphatic rings. The van der Waals surface area contributed by atoms with Crippen molar-refractivity contribution in [1.29, 1.82) is 0 Å². The number of phenolic OH excluding ortho intramolecular Hbond substituents is 1. The van der Waals surface area contributed by atoms with Gasteiger partial charge in [0.15, 0.2) is 12.0 Å². The molecule has 0 heterocycles. The van der Waals surface area contributed by atoms with Crippen LogP contribution in [0.5, 0.6) is 5.75 Å². The molecule has 0 bridgehead atoms. The van der Waals surface area contributed by atoms with Gasteiger partial charge in [-0.25, -0.2) is 0 Å². The number of nitro benzene ring substituents is 1. The fourth-order valence-electron chi connectivity index (χ4n) is 2.35. The van der Waals surface area contributed by atoms with E-state index >= 15 is 0 Å². The number of nitro groups is 1. The number of phenols is 1. The molecule has 1 rings (SSSR count). The second-order valence-corrected chi connectivity index (χ2v) is 5.26. The van der Waals surface area contributed by atoms with Crippen LogP contribution in [-0.4, -0.2) is 66.0 Å². The van der Waals surface area contributed by atoms with E-state index in [0.717, 1.165) is 11.0 Å². The first-order valence-electron chi connectivity index (χ1n) is 8.50. The van der Waals surface area contributed by atoms with E-state index in [1.165, 1.54) is 12.1 Å². The molecular formula is C17H24N2O8. The summed E-state index contributed by atoms with van der Waals surface area (Å²) in [5.74, 6) is -2.15. The predicted octanol–water partition coefficient (Wildman–Crippen LogP) is 1.70. The Morgan fingerprint density at radius 1 is 1.19 bits per heavy atom. The summed E-state index contributed by atoms with van der Waals surface area (Å²) in [6.07, 6.45) is -0.824. The van der Waals surface area contributed by atoms with E-state index in [-0.39, 0.29) is 18.7 Å². The predicted molar refractivity (Wildman–Crippen MR) is 94.3 cm³/mol. The highest BCUT2D eigenvalue weighted by atomic mass is 16.7. The summed E-state index contributed by atoms with van der Waals surface area (Å²) in [6.45, 7) is 5.23. The molecule has 0 aliphatic carbocycles. The Hall–Kier alpha value is -2.72. The molecule has 150 valence electrons. The molecule has 10 heteroatoms. The van der Waals surface area contributed by atoms with Crippen LogP contribution in [0.3, 0.4) is 0 Å². The highest BCUT2D eigenvalue weighted by molar-refractivity contribution is 6.00. The fraction of sp³-hybridized carbons (Fsp3) is 0.529. The first-order chi connectivity index (χ1) is 12.8. The number of carbonyl (C=O) groups excluding carboxylic acids is 2. The number of ether oxygens (including phenoxy) is 3. The number of carbonyl (C=O) groups is 2. The number of hydrogen-bond acceptors (Lipinski definition) is 8. The van der Waals surface area contributed by atoms with Gasteiger partial charge in [0.2, 0.25) is 0 Å². The van der Waals surface area contributed by atoms with Crippen molar-refractivity contribution in [3.8, 4) is 5.75 Å². The number of amides is 1. The maximum absolute atomic E-state index is 12.9. The molecule has 0 saturated heterocycles. The Balaban J connectivity index is 3.21. The smallest absolute Gasteiger partial charge is 0.325 e. The zero-order valence-corrected chi connectivity index (χ0v) is 15.5. The Labute approximate surface area is 156 Å². The minimum absolute atomic E-state index is 0.119. The first kappa shape index (κ1) is 22.3. The normalized spacial score (nSPS) is 10.7. The molecule has 0 aliphatic heterocycles. The highest BCUT2D eigenvalue weighted by Gasteiger charge is 2.30. The number of esters is 1. The number of nitrogens with zero attached hydrogens (tertiary/aromatic N) is 2. The second kappa shape index (κ2) is 11.1. The van der Waals surface area contributed by atoms with Gasteiger partial charge in [0, 0.05) is 13.2 Å². The van der Waals surface area contributed by atoms with Crippen LogP contribution < -0.4 is 0 Å². The van der Waals surface area contributed by atoms with Crippen molar-refractivity contribution in [3.05, 3.63) is 33.9 Å². The van der Waals surface area contributed by atoms with Gasteiger partial charge < -0.3 is 24.2 Å². The van der Waals surface area contributed by atoms with E-state index in [1.54, 1.807) is 20.8 Å². The van der Waals surface area contributed by atoms with Crippen LogP contribution in [0.2, 0.25) is 0 Å². The topological polar surface area (TPSA) is 128 Å². The fourth-order valence-corrected chi connectivity index (χ4v) is 2.35. The third kappa shape index (κ3) is 6.50. The molecule has 1 aromatic carbocycles. The van der Waals surface area contributed by atoms with Gasteiger partial charge in [-0.15, -0.1) is 0 Å². The summed E-state index contributed by atoms with van der Waals surface area (Å²) in [7, 11) is 0. The van der Waals surface area contributed by atoms with Gasteiger partial charge in [-0.1, -0.05) is 6.07 Å². The number of aromatic hydroxyl groups is 1. The van der Waals surface area contributed by atoms with Gasteiger partial charge in [0.1, 0.15) is 12.1 Å². The molecule has 1 N–H and O–H groups in total. The molecule has 0 fully saturated rings. The zero-order valence-electron chi connectivity index (χ0n) is 15.5. The second-order valence-electron chi connectivity index (χ2n) is 5.26. The van der Waals surface area contributed by atoms with Crippen molar-refractivity contribution in [2.75, 3.05) is 32.9 Å². The van der Waals surface area contributed by atoms with Crippen molar-refractivity contribution in [2.45, 2.75) is 27.1 Å². The van der Waals surface area contributed by atoms with Crippen molar-refractivity contribution in [3.63, 3.8) is 0 Å². The molecule has 0 saturated carbocycles. The summed E-state index contributed by atoms with van der Waals surface area (Å²) in [5.41, 5.74) is -1.09. The van der Waals surface area contributed by atoms with Gasteiger partial charge >= 0.3 is 11.7 Å². The number of benzene rings is 1. The minimum atomic E-state index is -0.853. The van der Waals surface area contributed by atoms with Gasteiger partial charge in [0.25, 0.3) is 5.91 Å². The maximum Gasteiger partial charge on any atom is 0.325 e. The molecule has 0 radical (unpaired) electrons. The largest absolute Gasteiger partial charge is 0.502 e. The van der Waals surface area contributed by atoms with Crippen LogP contribution in [0.15, 0.2) is 18.2 Å². The average Bonchev–Trinajstić information content (AvgIpc) is 2.60. The maximum atomic E-state index is 12.9. The monoisotopic (exact) mass is 384 g/mol. The van der Waals surface area contributed by atoms with E-state index in [1.807, 2.05) is 0 Å². The molecule has 0 aromatic heterocycles. The third-order valence-corrected chi connectivity index (χ3v) is 3.41. The summed E-state index contributed by atoms with van der Waals surface area (Å²) < 4.78 is 15.6. The van der Waals surface area contributed by atoms with Crippen LogP contribution in [0.25, 0.3) is 0 Å². The lowest BCUT2D eigenvalue weighted by Crippen LogP contribution is -2.43. The molecule has 0 spiro atoms. The third-order valence-electron chi connectivity index (χ3n) is 3.41.